The Morgan fingerprint density at radius 3 is 2.63 bits per heavy atom. The molecule has 11 heteroatoms. The fourth-order valence-electron chi connectivity index (χ4n) is 2.69. The number of β-lactam (4-membered cyclic amide) rings is 1. The van der Waals surface area contributed by atoms with Crippen LogP contribution in [0.2, 0.25) is 0 Å². The molecular weight excluding hydrogens is 405 g/mol. The molecule has 3 rings (SSSR count). The zero-order valence-electron chi connectivity index (χ0n) is 14.5. The first kappa shape index (κ1) is 21.8. The first-order chi connectivity index (χ1) is 12.5. The summed E-state index contributed by atoms with van der Waals surface area (Å²) >= 11 is 7.14. The number of nitrogens with one attached hydrogen (secondary N) is 1. The molecule has 0 radical (unpaired) electrons. The molecule has 0 aliphatic carbocycles. The Morgan fingerprint density at radius 1 is 1.37 bits per heavy atom. The Kier molecular flexibility index (Phi) is 7.35. The van der Waals surface area contributed by atoms with E-state index in [4.69, 9.17) is 16.4 Å². The minimum atomic E-state index is -1.52. The van der Waals surface area contributed by atoms with Crippen LogP contribution in [0, 0.1) is 0 Å². The molecule has 1 aromatic rings. The monoisotopic (exact) mass is 417 g/mol. The first-order valence-corrected chi connectivity index (χ1v) is 8.90. The van der Waals surface area contributed by atoms with E-state index in [1.807, 2.05) is 0 Å². The molecule has 0 bridgehead atoms. The summed E-state index contributed by atoms with van der Waals surface area (Å²) in [5.74, 6) is -2.49. The Hall–Kier alpha value is -1.52. The minimum Gasteiger partial charge on any atom is -0.543 e. The van der Waals surface area contributed by atoms with E-state index in [-0.39, 0.29) is 51.8 Å². The number of oxime groups is 1. The molecule has 1 saturated heterocycles. The molecule has 1 N–H and O–H groups in total. The van der Waals surface area contributed by atoms with Crippen LogP contribution < -0.4 is 40.0 Å². The van der Waals surface area contributed by atoms with Gasteiger partial charge in [-0.15, -0.1) is 11.8 Å². The van der Waals surface area contributed by atoms with Crippen molar-refractivity contribution in [2.75, 3.05) is 12.9 Å². The Morgan fingerprint density at radius 2 is 2.04 bits per heavy atom. The number of carboxylic acid groups (broad SMARTS) is 1. The predicted molar refractivity (Wildman–Crippen MR) is 92.9 cm³/mol. The molecule has 136 valence electrons. The van der Waals surface area contributed by atoms with E-state index >= 15 is 0 Å². The number of fused-ring (bicyclic) bond motifs is 1. The minimum absolute atomic E-state index is 0. The zero-order valence-corrected chi connectivity index (χ0v) is 18.0. The summed E-state index contributed by atoms with van der Waals surface area (Å²) in [5.41, 5.74) is 0.179. The van der Waals surface area contributed by atoms with E-state index in [9.17, 15) is 19.5 Å². The van der Waals surface area contributed by atoms with Crippen LogP contribution in [0.3, 0.4) is 0 Å². The van der Waals surface area contributed by atoms with Gasteiger partial charge >= 0.3 is 29.6 Å². The van der Waals surface area contributed by atoms with Gasteiger partial charge in [-0.1, -0.05) is 47.1 Å². The summed E-state index contributed by atoms with van der Waals surface area (Å²) < 4.78 is 0. The second-order valence-corrected chi connectivity index (χ2v) is 6.95. The number of thioether (sulfide) groups is 1. The SMILES string of the molecule is CON=C(C(=O)N[C@@H]1C(=O)N2C(C(=O)[O-])=C(Cl)CS[C@H]12)c1ccccc1.[Na+]. The van der Waals surface area contributed by atoms with Gasteiger partial charge in [-0.25, -0.2) is 0 Å². The predicted octanol–water partition coefficient (Wildman–Crippen LogP) is -3.36. The molecule has 0 spiro atoms. The van der Waals surface area contributed by atoms with Gasteiger partial charge in [-0.3, -0.25) is 14.5 Å². The molecule has 1 aromatic carbocycles. The van der Waals surface area contributed by atoms with Crippen LogP contribution in [0.1, 0.15) is 5.56 Å². The quantitative estimate of drug-likeness (QED) is 0.232. The average Bonchev–Trinajstić information content (AvgIpc) is 2.64. The zero-order chi connectivity index (χ0) is 18.8. The normalized spacial score (nSPS) is 21.6. The van der Waals surface area contributed by atoms with E-state index < -0.39 is 29.2 Å². The van der Waals surface area contributed by atoms with Crippen molar-refractivity contribution in [2.45, 2.75) is 11.4 Å². The summed E-state index contributed by atoms with van der Waals surface area (Å²) in [4.78, 5) is 41.9. The molecule has 2 heterocycles. The molecule has 2 aliphatic heterocycles. The van der Waals surface area contributed by atoms with Gasteiger partial charge in [0.25, 0.3) is 11.8 Å². The van der Waals surface area contributed by atoms with E-state index in [0.29, 0.717) is 5.56 Å². The Bertz CT molecular complexity index is 833. The fraction of sp³-hybridized carbons (Fsp3) is 0.250. The molecule has 0 saturated carbocycles. The van der Waals surface area contributed by atoms with Gasteiger partial charge in [0.1, 0.15) is 18.5 Å². The van der Waals surface area contributed by atoms with Gasteiger partial charge in [-0.05, 0) is 0 Å². The van der Waals surface area contributed by atoms with E-state index in [1.54, 1.807) is 30.3 Å². The first-order valence-electron chi connectivity index (χ1n) is 7.47. The molecule has 0 aromatic heterocycles. The van der Waals surface area contributed by atoms with Gasteiger partial charge in [0.15, 0.2) is 5.71 Å². The number of amides is 2. The Labute approximate surface area is 186 Å². The number of benzene rings is 1. The number of carboxylic acids is 1. The van der Waals surface area contributed by atoms with Crippen molar-refractivity contribution in [3.05, 3.63) is 46.6 Å². The van der Waals surface area contributed by atoms with Gasteiger partial charge in [0, 0.05) is 11.3 Å². The van der Waals surface area contributed by atoms with Crippen LogP contribution in [-0.4, -0.2) is 52.7 Å². The summed E-state index contributed by atoms with van der Waals surface area (Å²) in [6, 6.07) is 7.73. The maximum atomic E-state index is 12.6. The third-order valence-electron chi connectivity index (χ3n) is 3.85. The molecule has 2 amide bonds. The number of halogens is 1. The van der Waals surface area contributed by atoms with Crippen LogP contribution in [0.4, 0.5) is 0 Å². The molecule has 2 aliphatic rings. The van der Waals surface area contributed by atoms with Crippen molar-refractivity contribution >= 4 is 46.9 Å². The second kappa shape index (κ2) is 9.11. The van der Waals surface area contributed by atoms with Crippen LogP contribution in [0.25, 0.3) is 0 Å². The van der Waals surface area contributed by atoms with Gasteiger partial charge in [0.05, 0.1) is 16.7 Å². The third-order valence-corrected chi connectivity index (χ3v) is 5.60. The second-order valence-electron chi connectivity index (χ2n) is 5.39. The smallest absolute Gasteiger partial charge is 0.543 e. The number of carbonyl (C=O) groups is 3. The maximum absolute atomic E-state index is 12.6. The van der Waals surface area contributed by atoms with Gasteiger partial charge < -0.3 is 20.1 Å². The molecule has 1 fully saturated rings. The van der Waals surface area contributed by atoms with E-state index in [2.05, 4.69) is 10.5 Å². The number of nitrogens with zero attached hydrogens (tertiary/aromatic N) is 2. The van der Waals surface area contributed by atoms with Crippen molar-refractivity contribution in [3.8, 4) is 0 Å². The van der Waals surface area contributed by atoms with Crippen LogP contribution in [0.5, 0.6) is 0 Å². The summed E-state index contributed by atoms with van der Waals surface area (Å²) in [6.45, 7) is 0. The van der Waals surface area contributed by atoms with Gasteiger partial charge in [-0.2, -0.15) is 0 Å². The number of hydrogen-bond donors (Lipinski definition) is 1. The van der Waals surface area contributed by atoms with Crippen molar-refractivity contribution in [3.63, 3.8) is 0 Å². The summed E-state index contributed by atoms with van der Waals surface area (Å²) in [5, 5.41) is 17.0. The molecule has 2 atom stereocenters. The third kappa shape index (κ3) is 4.17. The van der Waals surface area contributed by atoms with E-state index in [1.165, 1.54) is 18.9 Å². The van der Waals surface area contributed by atoms with Gasteiger partial charge in [0.2, 0.25) is 0 Å². The molecule has 8 nitrogen and oxygen atoms in total. The summed E-state index contributed by atoms with van der Waals surface area (Å²) in [7, 11) is 1.31. The maximum Gasteiger partial charge on any atom is 1.00 e. The average molecular weight is 418 g/mol. The number of hydrogen-bond acceptors (Lipinski definition) is 7. The number of rotatable bonds is 5. The van der Waals surface area contributed by atoms with Crippen molar-refractivity contribution < 1.29 is 53.9 Å². The number of aliphatic carboxylic acids is 1. The standard InChI is InChI=1S/C16H14ClN3O5S.Na/c1-25-19-10(8-5-3-2-4-6-8)13(21)18-11-14(22)20-12(16(23)24)9(17)7-26-15(11)20;/h2-6,11,15H,7H2,1H3,(H,18,21)(H,23,24);/q;+1/p-1/t11-,15-;/m1./s1. The molecule has 0 unspecified atom stereocenters. The van der Waals surface area contributed by atoms with Crippen molar-refractivity contribution in [1.82, 2.24) is 10.2 Å². The molecule has 27 heavy (non-hydrogen) atoms. The molecular formula is C16H13ClN3NaO5S. The van der Waals surface area contributed by atoms with Crippen LogP contribution >= 0.6 is 23.4 Å². The topological polar surface area (TPSA) is 111 Å². The van der Waals surface area contributed by atoms with Crippen LogP contribution in [0.15, 0.2) is 46.2 Å². The van der Waals surface area contributed by atoms with Crippen molar-refractivity contribution in [2.24, 2.45) is 5.16 Å². The Balaban J connectivity index is 0.00000261. The number of carbonyl (C=O) groups excluding carboxylic acids is 3. The fourth-order valence-corrected chi connectivity index (χ4v) is 4.24. The van der Waals surface area contributed by atoms with E-state index in [0.717, 1.165) is 4.90 Å². The summed E-state index contributed by atoms with van der Waals surface area (Å²) in [6.07, 6.45) is 0. The largest absolute Gasteiger partial charge is 1.00 e. The van der Waals surface area contributed by atoms with Crippen LogP contribution in [-0.2, 0) is 19.2 Å². The van der Waals surface area contributed by atoms with Crippen molar-refractivity contribution in [1.29, 1.82) is 0 Å².